The summed E-state index contributed by atoms with van der Waals surface area (Å²) >= 11 is 9.23. The van der Waals surface area contributed by atoms with Crippen LogP contribution >= 0.6 is 27.5 Å². The summed E-state index contributed by atoms with van der Waals surface area (Å²) in [5, 5.41) is 0.510. The molecule has 0 bridgehead atoms. The van der Waals surface area contributed by atoms with Crippen molar-refractivity contribution in [2.45, 2.75) is 6.92 Å². The van der Waals surface area contributed by atoms with Crippen molar-refractivity contribution in [1.82, 2.24) is 4.98 Å². The van der Waals surface area contributed by atoms with Gasteiger partial charge in [-0.1, -0.05) is 11.6 Å². The quantitative estimate of drug-likeness (QED) is 0.749. The van der Waals surface area contributed by atoms with E-state index in [9.17, 15) is 4.39 Å². The minimum atomic E-state index is -0.299. The van der Waals surface area contributed by atoms with E-state index in [1.54, 1.807) is 18.5 Å². The van der Waals surface area contributed by atoms with E-state index in [4.69, 9.17) is 11.6 Å². The minimum absolute atomic E-state index is 0.299. The van der Waals surface area contributed by atoms with Crippen LogP contribution in [-0.4, -0.2) is 4.98 Å². The average Bonchev–Trinajstić information content (AvgIpc) is 2.26. The van der Waals surface area contributed by atoms with E-state index < -0.39 is 0 Å². The molecule has 0 atom stereocenters. The topological polar surface area (TPSA) is 12.9 Å². The molecule has 2 rings (SSSR count). The van der Waals surface area contributed by atoms with Gasteiger partial charge in [0.1, 0.15) is 5.82 Å². The molecule has 82 valence electrons. The Balaban J connectivity index is 2.67. The molecule has 1 heterocycles. The molecule has 1 nitrogen and oxygen atoms in total. The first kappa shape index (κ1) is 11.6. The van der Waals surface area contributed by atoms with Gasteiger partial charge in [-0.05, 0) is 46.6 Å². The zero-order chi connectivity index (χ0) is 11.7. The highest BCUT2D eigenvalue weighted by atomic mass is 79.9. The number of aromatic nitrogens is 1. The van der Waals surface area contributed by atoms with Gasteiger partial charge in [0.2, 0.25) is 0 Å². The molecule has 0 fully saturated rings. The number of benzene rings is 1. The number of hydrogen-bond donors (Lipinski definition) is 0. The van der Waals surface area contributed by atoms with Crippen molar-refractivity contribution in [3.8, 4) is 11.1 Å². The Labute approximate surface area is 106 Å². The molecule has 16 heavy (non-hydrogen) atoms. The van der Waals surface area contributed by atoms with E-state index in [1.165, 1.54) is 12.1 Å². The van der Waals surface area contributed by atoms with Crippen LogP contribution in [-0.2, 0) is 0 Å². The summed E-state index contributed by atoms with van der Waals surface area (Å²) in [5.74, 6) is -0.299. The number of rotatable bonds is 1. The third-order valence-electron chi connectivity index (χ3n) is 2.37. The first-order chi connectivity index (χ1) is 7.59. The first-order valence-electron chi connectivity index (χ1n) is 4.65. The summed E-state index contributed by atoms with van der Waals surface area (Å²) in [6.45, 7) is 1.90. The third-order valence-corrected chi connectivity index (χ3v) is 3.41. The summed E-state index contributed by atoms with van der Waals surface area (Å²) in [6.07, 6.45) is 3.32. The molecule has 0 saturated carbocycles. The fraction of sp³-hybridized carbons (Fsp3) is 0.0833. The van der Waals surface area contributed by atoms with Crippen LogP contribution in [0.25, 0.3) is 11.1 Å². The molecule has 4 heteroatoms. The maximum Gasteiger partial charge on any atom is 0.131 e. The molecule has 1 aromatic heterocycles. The van der Waals surface area contributed by atoms with Crippen molar-refractivity contribution < 1.29 is 4.39 Å². The van der Waals surface area contributed by atoms with Gasteiger partial charge in [0.05, 0.1) is 0 Å². The van der Waals surface area contributed by atoms with E-state index in [0.717, 1.165) is 15.6 Å². The average molecular weight is 301 g/mol. The maximum atomic E-state index is 13.7. The smallest absolute Gasteiger partial charge is 0.131 e. The summed E-state index contributed by atoms with van der Waals surface area (Å²) in [6, 6.07) is 4.49. The molecule has 0 unspecified atom stereocenters. The predicted molar refractivity (Wildman–Crippen MR) is 67.1 cm³/mol. The molecule has 0 aliphatic heterocycles. The van der Waals surface area contributed by atoms with Crippen molar-refractivity contribution in [3.63, 3.8) is 0 Å². The van der Waals surface area contributed by atoms with E-state index in [0.29, 0.717) is 10.6 Å². The largest absolute Gasteiger partial charge is 0.263 e. The lowest BCUT2D eigenvalue weighted by Crippen LogP contribution is -1.90. The van der Waals surface area contributed by atoms with Crippen molar-refractivity contribution in [2.75, 3.05) is 0 Å². The molecular weight excluding hydrogens is 292 g/mol. The molecule has 0 N–H and O–H groups in total. The predicted octanol–water partition coefficient (Wildman–Crippen LogP) is 4.61. The minimum Gasteiger partial charge on any atom is -0.263 e. The summed E-state index contributed by atoms with van der Waals surface area (Å²) < 4.78 is 14.5. The Hall–Kier alpha value is -0.930. The van der Waals surface area contributed by atoms with Crippen LogP contribution in [0.3, 0.4) is 0 Å². The number of pyridine rings is 1. The highest BCUT2D eigenvalue weighted by Crippen LogP contribution is 2.31. The van der Waals surface area contributed by atoms with E-state index in [2.05, 4.69) is 20.9 Å². The molecule has 0 spiro atoms. The van der Waals surface area contributed by atoms with Crippen molar-refractivity contribution in [2.24, 2.45) is 0 Å². The van der Waals surface area contributed by atoms with E-state index in [1.807, 2.05) is 6.92 Å². The molecule has 2 aromatic rings. The van der Waals surface area contributed by atoms with Crippen molar-refractivity contribution in [3.05, 3.63) is 51.5 Å². The monoisotopic (exact) mass is 299 g/mol. The summed E-state index contributed by atoms with van der Waals surface area (Å²) in [5.41, 5.74) is 2.16. The van der Waals surface area contributed by atoms with Crippen molar-refractivity contribution >= 4 is 27.5 Å². The van der Waals surface area contributed by atoms with Crippen LogP contribution in [0.2, 0.25) is 5.02 Å². The number of halogens is 3. The van der Waals surface area contributed by atoms with Crippen LogP contribution in [0.4, 0.5) is 4.39 Å². The standard InChI is InChI=1S/C12H8BrClFN/c1-7-10(5-16-6-11(7)13)9-4-8(14)2-3-12(9)15/h2-6H,1H3. The number of nitrogens with zero attached hydrogens (tertiary/aromatic N) is 1. The van der Waals surface area contributed by atoms with Gasteiger partial charge in [-0.2, -0.15) is 0 Å². The lowest BCUT2D eigenvalue weighted by atomic mass is 10.0. The number of hydrogen-bond acceptors (Lipinski definition) is 1. The van der Waals surface area contributed by atoms with Gasteiger partial charge in [0.15, 0.2) is 0 Å². The Bertz CT molecular complexity index is 543. The SMILES string of the molecule is Cc1c(Br)cncc1-c1cc(Cl)ccc1F. The van der Waals surface area contributed by atoms with Crippen LogP contribution in [0.1, 0.15) is 5.56 Å². The first-order valence-corrected chi connectivity index (χ1v) is 5.82. The fourth-order valence-electron chi connectivity index (χ4n) is 1.47. The van der Waals surface area contributed by atoms with Crippen LogP contribution < -0.4 is 0 Å². The second-order valence-electron chi connectivity index (χ2n) is 3.42. The second-order valence-corrected chi connectivity index (χ2v) is 4.71. The molecular formula is C12H8BrClFN. The highest BCUT2D eigenvalue weighted by molar-refractivity contribution is 9.10. The molecule has 0 amide bonds. The molecule has 0 aliphatic carbocycles. The lowest BCUT2D eigenvalue weighted by molar-refractivity contribution is 0.631. The van der Waals surface area contributed by atoms with E-state index in [-0.39, 0.29) is 5.82 Å². The van der Waals surface area contributed by atoms with Crippen molar-refractivity contribution in [1.29, 1.82) is 0 Å². The second kappa shape index (κ2) is 4.52. The van der Waals surface area contributed by atoms with Crippen LogP contribution in [0.15, 0.2) is 35.1 Å². The van der Waals surface area contributed by atoms with Crippen LogP contribution in [0.5, 0.6) is 0 Å². The zero-order valence-corrected chi connectivity index (χ0v) is 10.8. The normalized spacial score (nSPS) is 10.5. The summed E-state index contributed by atoms with van der Waals surface area (Å²) in [7, 11) is 0. The lowest BCUT2D eigenvalue weighted by Gasteiger charge is -2.08. The molecule has 0 saturated heterocycles. The van der Waals surface area contributed by atoms with Gasteiger partial charge in [0, 0.05) is 33.0 Å². The van der Waals surface area contributed by atoms with Gasteiger partial charge in [-0.3, -0.25) is 4.98 Å². The maximum absolute atomic E-state index is 13.7. The van der Waals surface area contributed by atoms with Gasteiger partial charge >= 0.3 is 0 Å². The van der Waals surface area contributed by atoms with Gasteiger partial charge in [-0.25, -0.2) is 4.39 Å². The van der Waals surface area contributed by atoms with Gasteiger partial charge in [0.25, 0.3) is 0 Å². The third kappa shape index (κ3) is 2.11. The van der Waals surface area contributed by atoms with Gasteiger partial charge in [-0.15, -0.1) is 0 Å². The Kier molecular flexibility index (Phi) is 3.26. The highest BCUT2D eigenvalue weighted by Gasteiger charge is 2.10. The van der Waals surface area contributed by atoms with E-state index >= 15 is 0 Å². The molecule has 0 aliphatic rings. The van der Waals surface area contributed by atoms with Crippen LogP contribution in [0, 0.1) is 12.7 Å². The molecule has 0 radical (unpaired) electrons. The molecule has 1 aromatic carbocycles. The zero-order valence-electron chi connectivity index (χ0n) is 8.47. The Morgan fingerprint density at radius 3 is 2.75 bits per heavy atom. The van der Waals surface area contributed by atoms with Gasteiger partial charge < -0.3 is 0 Å². The fourth-order valence-corrected chi connectivity index (χ4v) is 1.98. The Morgan fingerprint density at radius 2 is 2.00 bits per heavy atom. The summed E-state index contributed by atoms with van der Waals surface area (Å²) in [4.78, 5) is 4.04. The Morgan fingerprint density at radius 1 is 1.25 bits per heavy atom.